The maximum atomic E-state index is 12.1. The van der Waals surface area contributed by atoms with Crippen molar-refractivity contribution >= 4 is 16.9 Å². The first kappa shape index (κ1) is 23.6. The van der Waals surface area contributed by atoms with Gasteiger partial charge in [-0.05, 0) is 74.2 Å². The zero-order chi connectivity index (χ0) is 23.8. The SMILES string of the molecule is Cc1ccc(OCCn2c(CCCCCNC(=O)c3ccccc3)nc3ccccc32)cc1C. The summed E-state index contributed by atoms with van der Waals surface area (Å²) in [6.07, 6.45) is 3.93. The predicted molar refractivity (Wildman–Crippen MR) is 137 cm³/mol. The molecule has 34 heavy (non-hydrogen) atoms. The number of carbonyl (C=O) groups is 1. The average molecular weight is 456 g/mol. The van der Waals surface area contributed by atoms with Gasteiger partial charge in [0.25, 0.3) is 5.91 Å². The summed E-state index contributed by atoms with van der Waals surface area (Å²) >= 11 is 0. The van der Waals surface area contributed by atoms with Crippen LogP contribution < -0.4 is 10.1 Å². The summed E-state index contributed by atoms with van der Waals surface area (Å²) in [5.41, 5.74) is 5.40. The first-order valence-corrected chi connectivity index (χ1v) is 12.1. The second-order valence-electron chi connectivity index (χ2n) is 8.70. The lowest BCUT2D eigenvalue weighted by Crippen LogP contribution is -2.24. The van der Waals surface area contributed by atoms with Gasteiger partial charge in [-0.3, -0.25) is 4.79 Å². The van der Waals surface area contributed by atoms with Gasteiger partial charge >= 0.3 is 0 Å². The Bertz CT molecular complexity index is 1230. The molecule has 0 saturated heterocycles. The molecule has 1 aromatic heterocycles. The second-order valence-corrected chi connectivity index (χ2v) is 8.70. The fraction of sp³-hybridized carbons (Fsp3) is 0.310. The van der Waals surface area contributed by atoms with Gasteiger partial charge in [0.1, 0.15) is 18.2 Å². The Kier molecular flexibility index (Phi) is 7.97. The Balaban J connectivity index is 1.28. The highest BCUT2D eigenvalue weighted by molar-refractivity contribution is 5.94. The Morgan fingerprint density at radius 3 is 2.53 bits per heavy atom. The Hall–Kier alpha value is -3.60. The molecular weight excluding hydrogens is 422 g/mol. The van der Waals surface area contributed by atoms with Crippen LogP contribution in [0.3, 0.4) is 0 Å². The van der Waals surface area contributed by atoms with Gasteiger partial charge in [0.05, 0.1) is 17.6 Å². The van der Waals surface area contributed by atoms with Crippen molar-refractivity contribution in [1.82, 2.24) is 14.9 Å². The van der Waals surface area contributed by atoms with Crippen molar-refractivity contribution in [2.24, 2.45) is 0 Å². The summed E-state index contributed by atoms with van der Waals surface area (Å²) in [6, 6.07) is 23.9. The van der Waals surface area contributed by atoms with Gasteiger partial charge in [-0.1, -0.05) is 42.8 Å². The quantitative estimate of drug-likeness (QED) is 0.288. The molecule has 4 aromatic rings. The molecule has 4 rings (SSSR count). The minimum absolute atomic E-state index is 0.00818. The molecule has 0 spiro atoms. The molecule has 1 N–H and O–H groups in total. The summed E-state index contributed by atoms with van der Waals surface area (Å²) in [4.78, 5) is 17.0. The van der Waals surface area contributed by atoms with E-state index in [4.69, 9.17) is 9.72 Å². The molecule has 1 amide bonds. The van der Waals surface area contributed by atoms with Gasteiger partial charge < -0.3 is 14.6 Å². The number of aryl methyl sites for hydroxylation is 3. The molecule has 0 saturated carbocycles. The van der Waals surface area contributed by atoms with Crippen LogP contribution in [0.5, 0.6) is 5.75 Å². The zero-order valence-corrected chi connectivity index (χ0v) is 20.1. The number of aromatic nitrogens is 2. The third-order valence-electron chi connectivity index (χ3n) is 6.19. The molecule has 1 heterocycles. The molecule has 0 fully saturated rings. The van der Waals surface area contributed by atoms with Crippen LogP contribution in [-0.2, 0) is 13.0 Å². The number of amides is 1. The normalized spacial score (nSPS) is 11.0. The number of benzene rings is 3. The van der Waals surface area contributed by atoms with Crippen molar-refractivity contribution < 1.29 is 9.53 Å². The number of nitrogens with one attached hydrogen (secondary N) is 1. The standard InChI is InChI=1S/C29H33N3O2/c1-22-16-17-25(21-23(22)2)34-20-19-32-27-14-9-8-13-26(27)31-28(32)15-7-4-10-18-30-29(33)24-11-5-3-6-12-24/h3,5-6,8-9,11-14,16-17,21H,4,7,10,15,18-20H2,1-2H3,(H,30,33). The van der Waals surface area contributed by atoms with E-state index in [0.717, 1.165) is 54.8 Å². The Labute approximate surface area is 201 Å². The number of imidazole rings is 1. The highest BCUT2D eigenvalue weighted by Gasteiger charge is 2.11. The number of hydrogen-bond acceptors (Lipinski definition) is 3. The summed E-state index contributed by atoms with van der Waals surface area (Å²) in [5.74, 6) is 2.00. The first-order valence-electron chi connectivity index (χ1n) is 12.1. The number of ether oxygens (including phenoxy) is 1. The Morgan fingerprint density at radius 2 is 1.71 bits per heavy atom. The molecule has 0 atom stereocenters. The molecule has 3 aromatic carbocycles. The van der Waals surface area contributed by atoms with Gasteiger partial charge in [0.2, 0.25) is 0 Å². The molecular formula is C29H33N3O2. The maximum Gasteiger partial charge on any atom is 0.251 e. The first-order chi connectivity index (χ1) is 16.6. The van der Waals surface area contributed by atoms with Crippen molar-refractivity contribution in [3.8, 4) is 5.75 Å². The monoisotopic (exact) mass is 455 g/mol. The van der Waals surface area contributed by atoms with Crippen LogP contribution >= 0.6 is 0 Å². The third kappa shape index (κ3) is 6.04. The molecule has 0 bridgehead atoms. The summed E-state index contributed by atoms with van der Waals surface area (Å²) in [5, 5.41) is 3.01. The lowest BCUT2D eigenvalue weighted by Gasteiger charge is -2.12. The van der Waals surface area contributed by atoms with Crippen molar-refractivity contribution in [3.63, 3.8) is 0 Å². The van der Waals surface area contributed by atoms with Gasteiger partial charge in [0.15, 0.2) is 0 Å². The van der Waals surface area contributed by atoms with Crippen LogP contribution in [-0.4, -0.2) is 28.6 Å². The minimum atomic E-state index is -0.00818. The van der Waals surface area contributed by atoms with E-state index in [0.29, 0.717) is 18.7 Å². The largest absolute Gasteiger partial charge is 0.492 e. The van der Waals surface area contributed by atoms with Crippen LogP contribution in [0.2, 0.25) is 0 Å². The number of rotatable bonds is 11. The maximum absolute atomic E-state index is 12.1. The number of nitrogens with zero attached hydrogens (tertiary/aromatic N) is 2. The van der Waals surface area contributed by atoms with Crippen molar-refractivity contribution in [2.45, 2.75) is 46.1 Å². The lowest BCUT2D eigenvalue weighted by molar-refractivity contribution is 0.0953. The third-order valence-corrected chi connectivity index (χ3v) is 6.19. The number of unbranched alkanes of at least 4 members (excludes halogenated alkanes) is 2. The van der Waals surface area contributed by atoms with Crippen molar-refractivity contribution in [3.05, 3.63) is 95.3 Å². The van der Waals surface area contributed by atoms with Gasteiger partial charge in [0, 0.05) is 18.5 Å². The zero-order valence-electron chi connectivity index (χ0n) is 20.1. The minimum Gasteiger partial charge on any atom is -0.492 e. The van der Waals surface area contributed by atoms with E-state index in [-0.39, 0.29) is 5.91 Å². The van der Waals surface area contributed by atoms with Gasteiger partial charge in [-0.25, -0.2) is 4.98 Å². The molecule has 0 aliphatic rings. The number of para-hydroxylation sites is 2. The number of fused-ring (bicyclic) bond motifs is 1. The molecule has 5 heteroatoms. The highest BCUT2D eigenvalue weighted by Crippen LogP contribution is 2.19. The molecule has 0 unspecified atom stereocenters. The van der Waals surface area contributed by atoms with Crippen LogP contribution in [0.1, 0.15) is 46.6 Å². The van der Waals surface area contributed by atoms with E-state index in [1.807, 2.05) is 42.5 Å². The second kappa shape index (κ2) is 11.5. The van der Waals surface area contributed by atoms with Crippen LogP contribution in [0, 0.1) is 13.8 Å². The van der Waals surface area contributed by atoms with Crippen LogP contribution in [0.15, 0.2) is 72.8 Å². The summed E-state index contributed by atoms with van der Waals surface area (Å²) < 4.78 is 8.33. The van der Waals surface area contributed by atoms with Crippen molar-refractivity contribution in [2.75, 3.05) is 13.2 Å². The van der Waals surface area contributed by atoms with E-state index in [2.05, 4.69) is 54.1 Å². The molecule has 0 aliphatic carbocycles. The summed E-state index contributed by atoms with van der Waals surface area (Å²) in [6.45, 7) is 6.27. The number of carbonyl (C=O) groups excluding carboxylic acids is 1. The smallest absolute Gasteiger partial charge is 0.251 e. The van der Waals surface area contributed by atoms with Gasteiger partial charge in [-0.2, -0.15) is 0 Å². The molecule has 5 nitrogen and oxygen atoms in total. The van der Waals surface area contributed by atoms with Gasteiger partial charge in [-0.15, -0.1) is 0 Å². The fourth-order valence-corrected chi connectivity index (χ4v) is 4.10. The Morgan fingerprint density at radius 1 is 0.912 bits per heavy atom. The molecule has 176 valence electrons. The van der Waals surface area contributed by atoms with E-state index in [1.165, 1.54) is 11.1 Å². The lowest BCUT2D eigenvalue weighted by atomic mass is 10.1. The topological polar surface area (TPSA) is 56.1 Å². The van der Waals surface area contributed by atoms with Crippen LogP contribution in [0.25, 0.3) is 11.0 Å². The van der Waals surface area contributed by atoms with E-state index < -0.39 is 0 Å². The molecule has 0 aliphatic heterocycles. The average Bonchev–Trinajstić information content (AvgIpc) is 3.21. The highest BCUT2D eigenvalue weighted by atomic mass is 16.5. The fourth-order valence-electron chi connectivity index (χ4n) is 4.10. The van der Waals surface area contributed by atoms with E-state index in [1.54, 1.807) is 0 Å². The number of hydrogen-bond donors (Lipinski definition) is 1. The van der Waals surface area contributed by atoms with Crippen molar-refractivity contribution in [1.29, 1.82) is 0 Å². The predicted octanol–water partition coefficient (Wildman–Crippen LogP) is 5.87. The molecule has 0 radical (unpaired) electrons. The summed E-state index contributed by atoms with van der Waals surface area (Å²) in [7, 11) is 0. The van der Waals surface area contributed by atoms with E-state index in [9.17, 15) is 4.79 Å². The van der Waals surface area contributed by atoms with Crippen LogP contribution in [0.4, 0.5) is 0 Å². The van der Waals surface area contributed by atoms with E-state index >= 15 is 0 Å².